The fourth-order valence-electron chi connectivity index (χ4n) is 4.96. The Balaban J connectivity index is 1.53. The summed E-state index contributed by atoms with van der Waals surface area (Å²) in [6, 6.07) is 14.5. The molecule has 0 aliphatic heterocycles. The molecular weight excluding hydrogens is 511 g/mol. The van der Waals surface area contributed by atoms with Crippen LogP contribution in [0.1, 0.15) is 56.7 Å². The fraction of sp³-hybridized carbons (Fsp3) is 0.414. The maximum atomic E-state index is 13.7. The first-order valence-electron chi connectivity index (χ1n) is 13.7. The molecule has 0 saturated heterocycles. The number of hydrogen-bond acceptors (Lipinski definition) is 6. The van der Waals surface area contributed by atoms with E-state index in [1.54, 1.807) is 6.20 Å². The minimum Gasteiger partial charge on any atom is -0.445 e. The van der Waals surface area contributed by atoms with Gasteiger partial charge in [0.15, 0.2) is 0 Å². The van der Waals surface area contributed by atoms with Crippen molar-refractivity contribution in [3.8, 4) is 0 Å². The summed E-state index contributed by atoms with van der Waals surface area (Å²) in [5.41, 5.74) is 2.10. The minimum atomic E-state index is -1.70. The molecule has 3 atom stereocenters. The summed E-state index contributed by atoms with van der Waals surface area (Å²) in [6.45, 7) is 3.87. The number of rotatable bonds is 12. The quantitative estimate of drug-likeness (QED) is 0.192. The molecule has 0 unspecified atom stereocenters. The van der Waals surface area contributed by atoms with E-state index in [-0.39, 0.29) is 18.4 Å². The number of amides is 3. The molecule has 3 aromatic rings. The van der Waals surface area contributed by atoms with Crippen LogP contribution in [0.5, 0.6) is 0 Å². The third-order valence-corrected chi connectivity index (χ3v) is 7.30. The number of hydrogen-bond donors (Lipinski definition) is 6. The molecule has 0 bridgehead atoms. The number of benzene rings is 2. The van der Waals surface area contributed by atoms with Crippen LogP contribution in [-0.4, -0.2) is 52.0 Å². The van der Waals surface area contributed by atoms with Crippen molar-refractivity contribution in [2.45, 2.75) is 64.2 Å². The van der Waals surface area contributed by atoms with Gasteiger partial charge in [-0.1, -0.05) is 68.8 Å². The van der Waals surface area contributed by atoms with Gasteiger partial charge in [0.25, 0.3) is 0 Å². The average molecular weight is 548 g/mol. The molecule has 11 heteroatoms. The van der Waals surface area contributed by atoms with Gasteiger partial charge in [-0.2, -0.15) is 0 Å². The first-order chi connectivity index (χ1) is 19.2. The van der Waals surface area contributed by atoms with Crippen molar-refractivity contribution in [3.05, 3.63) is 71.9 Å². The molecule has 0 spiro atoms. The zero-order chi connectivity index (χ0) is 28.6. The van der Waals surface area contributed by atoms with Crippen molar-refractivity contribution in [1.82, 2.24) is 20.9 Å². The van der Waals surface area contributed by atoms with E-state index < -0.39 is 43.1 Å². The van der Waals surface area contributed by atoms with Crippen molar-refractivity contribution in [2.75, 3.05) is 0 Å². The van der Waals surface area contributed by atoms with E-state index in [9.17, 15) is 24.4 Å². The Hall–Kier alpha value is -3.83. The zero-order valence-corrected chi connectivity index (χ0v) is 22.8. The lowest BCUT2D eigenvalue weighted by atomic mass is 9.64. The molecule has 0 radical (unpaired) electrons. The van der Waals surface area contributed by atoms with E-state index in [1.807, 2.05) is 68.4 Å². The first-order valence-corrected chi connectivity index (χ1v) is 13.7. The van der Waals surface area contributed by atoms with Gasteiger partial charge in [-0.15, -0.1) is 0 Å². The van der Waals surface area contributed by atoms with Gasteiger partial charge in [-0.3, -0.25) is 9.59 Å². The second-order valence-corrected chi connectivity index (χ2v) is 10.8. The molecule has 3 amide bonds. The second kappa shape index (κ2) is 13.5. The summed E-state index contributed by atoms with van der Waals surface area (Å²) in [5, 5.41) is 28.7. The lowest BCUT2D eigenvalue weighted by molar-refractivity contribution is -0.130. The molecule has 2 aromatic carbocycles. The monoisotopic (exact) mass is 548 g/mol. The van der Waals surface area contributed by atoms with Crippen LogP contribution >= 0.6 is 0 Å². The first kappa shape index (κ1) is 29.2. The highest BCUT2D eigenvalue weighted by Crippen LogP contribution is 2.30. The van der Waals surface area contributed by atoms with Crippen molar-refractivity contribution in [1.29, 1.82) is 0 Å². The maximum Gasteiger partial charge on any atom is 0.475 e. The summed E-state index contributed by atoms with van der Waals surface area (Å²) >= 11 is 0. The van der Waals surface area contributed by atoms with Crippen LogP contribution in [0.3, 0.4) is 0 Å². The molecule has 1 saturated carbocycles. The topological polar surface area (TPSA) is 153 Å². The highest BCUT2D eigenvalue weighted by Gasteiger charge is 2.38. The number of nitrogens with one attached hydrogen (secondary N) is 4. The van der Waals surface area contributed by atoms with Crippen LogP contribution in [0.25, 0.3) is 10.9 Å². The number of aromatic amines is 1. The maximum absolute atomic E-state index is 13.7. The summed E-state index contributed by atoms with van der Waals surface area (Å²) < 4.78 is 5.38. The van der Waals surface area contributed by atoms with Crippen LogP contribution in [0.2, 0.25) is 0 Å². The summed E-state index contributed by atoms with van der Waals surface area (Å²) in [7, 11) is -1.70. The smallest absolute Gasteiger partial charge is 0.445 e. The second-order valence-electron chi connectivity index (χ2n) is 10.8. The van der Waals surface area contributed by atoms with Gasteiger partial charge < -0.3 is 35.7 Å². The Bertz CT molecular complexity index is 1290. The van der Waals surface area contributed by atoms with E-state index in [1.165, 1.54) is 0 Å². The Morgan fingerprint density at radius 1 is 0.975 bits per heavy atom. The van der Waals surface area contributed by atoms with Crippen molar-refractivity contribution < 1.29 is 29.2 Å². The molecule has 1 heterocycles. The standard InChI is InChI=1S/C29H37BN4O6/c1-18(2)15-24(27(35)34-26(30(38)39)20-11-8-12-20)32-28(36)25(22-16-31-23-14-7-6-13-21(22)23)33-29(37)40-17-19-9-4-3-5-10-19/h3-7,9-10,13-14,16,18,20,24-26,31,38-39H,8,11-12,15,17H2,1-2H3,(H,32,36)(H,33,37)(H,34,35)/t24-,25-,26-/m0/s1. The van der Waals surface area contributed by atoms with E-state index in [0.29, 0.717) is 12.0 Å². The third-order valence-electron chi connectivity index (χ3n) is 7.30. The molecule has 6 N–H and O–H groups in total. The molecule has 1 aliphatic rings. The molecule has 4 rings (SSSR count). The predicted octanol–water partition coefficient (Wildman–Crippen LogP) is 2.96. The van der Waals surface area contributed by atoms with E-state index in [2.05, 4.69) is 20.9 Å². The summed E-state index contributed by atoms with van der Waals surface area (Å²) in [6.07, 6.45) is 3.73. The highest BCUT2D eigenvalue weighted by atomic mass is 16.5. The molecule has 1 aromatic heterocycles. The van der Waals surface area contributed by atoms with E-state index in [4.69, 9.17) is 4.74 Å². The van der Waals surface area contributed by atoms with Gasteiger partial charge in [-0.05, 0) is 42.7 Å². The number of ether oxygens (including phenoxy) is 1. The molecule has 212 valence electrons. The van der Waals surface area contributed by atoms with Gasteiger partial charge in [0, 0.05) is 22.7 Å². The molecular formula is C29H37BN4O6. The van der Waals surface area contributed by atoms with Gasteiger partial charge in [0.1, 0.15) is 18.7 Å². The number of fused-ring (bicyclic) bond motifs is 1. The number of para-hydroxylation sites is 1. The third kappa shape index (κ3) is 7.42. The Morgan fingerprint density at radius 3 is 2.33 bits per heavy atom. The summed E-state index contributed by atoms with van der Waals surface area (Å²) in [4.78, 5) is 43.0. The highest BCUT2D eigenvalue weighted by molar-refractivity contribution is 6.43. The minimum absolute atomic E-state index is 0.0271. The molecule has 40 heavy (non-hydrogen) atoms. The molecule has 1 aliphatic carbocycles. The number of carbonyl (C=O) groups excluding carboxylic acids is 3. The van der Waals surface area contributed by atoms with Crippen molar-refractivity contribution in [2.24, 2.45) is 11.8 Å². The van der Waals surface area contributed by atoms with Crippen molar-refractivity contribution >= 4 is 35.9 Å². The average Bonchev–Trinajstić information content (AvgIpc) is 3.33. The van der Waals surface area contributed by atoms with Crippen LogP contribution in [-0.2, 0) is 20.9 Å². The van der Waals surface area contributed by atoms with Crippen LogP contribution < -0.4 is 16.0 Å². The van der Waals surface area contributed by atoms with Gasteiger partial charge in [0.05, 0.1) is 5.94 Å². The zero-order valence-electron chi connectivity index (χ0n) is 22.8. The Labute approximate surface area is 234 Å². The van der Waals surface area contributed by atoms with Crippen LogP contribution in [0.4, 0.5) is 4.79 Å². The van der Waals surface area contributed by atoms with E-state index >= 15 is 0 Å². The number of aromatic nitrogens is 1. The van der Waals surface area contributed by atoms with Crippen LogP contribution in [0.15, 0.2) is 60.8 Å². The Morgan fingerprint density at radius 2 is 1.68 bits per heavy atom. The summed E-state index contributed by atoms with van der Waals surface area (Å²) in [5.74, 6) is -1.89. The number of carbonyl (C=O) groups is 3. The normalized spacial score (nSPS) is 15.5. The van der Waals surface area contributed by atoms with Gasteiger partial charge in [0.2, 0.25) is 11.8 Å². The van der Waals surface area contributed by atoms with E-state index in [0.717, 1.165) is 35.7 Å². The lowest BCUT2D eigenvalue weighted by Gasteiger charge is -2.35. The predicted molar refractivity (Wildman–Crippen MR) is 152 cm³/mol. The fourth-order valence-corrected chi connectivity index (χ4v) is 4.96. The molecule has 1 fully saturated rings. The van der Waals surface area contributed by atoms with Gasteiger partial charge >= 0.3 is 13.2 Å². The SMILES string of the molecule is CC(C)C[C@H](NC(=O)[C@@H](NC(=O)OCc1ccccc1)c1c[nH]c2ccccc12)C(=O)N[C@H](B(O)O)C1CCC1. The van der Waals surface area contributed by atoms with Crippen LogP contribution in [0, 0.1) is 11.8 Å². The molecule has 10 nitrogen and oxygen atoms in total. The number of alkyl carbamates (subject to hydrolysis) is 1. The Kier molecular flexibility index (Phi) is 9.84. The number of H-pyrrole nitrogens is 1. The lowest BCUT2D eigenvalue weighted by Crippen LogP contribution is -2.58. The van der Waals surface area contributed by atoms with Crippen molar-refractivity contribution in [3.63, 3.8) is 0 Å². The van der Waals surface area contributed by atoms with Gasteiger partial charge in [-0.25, -0.2) is 4.79 Å². The largest absolute Gasteiger partial charge is 0.475 e.